The molecule has 0 aromatic carbocycles. The maximum Gasteiger partial charge on any atom is 0.0638 e. The van der Waals surface area contributed by atoms with Gasteiger partial charge in [0.05, 0.1) is 18.9 Å². The normalized spacial score (nSPS) is 27.9. The number of rotatable bonds is 4. The van der Waals surface area contributed by atoms with Gasteiger partial charge in [0, 0.05) is 56.6 Å². The molecule has 22 heavy (non-hydrogen) atoms. The number of aryl methyl sites for hydroxylation is 1. The number of aromatic nitrogens is 2. The third-order valence-corrected chi connectivity index (χ3v) is 5.10. The third kappa shape index (κ3) is 3.36. The molecule has 0 aliphatic carbocycles. The molecule has 0 amide bonds. The monoisotopic (exact) mass is 306 g/mol. The van der Waals surface area contributed by atoms with Crippen molar-refractivity contribution in [2.24, 2.45) is 5.92 Å². The molecule has 2 saturated heterocycles. The molecule has 3 rings (SSSR count). The van der Waals surface area contributed by atoms with Gasteiger partial charge in [0.25, 0.3) is 0 Å². The van der Waals surface area contributed by atoms with E-state index in [4.69, 9.17) is 4.74 Å². The summed E-state index contributed by atoms with van der Waals surface area (Å²) < 4.78 is 7.58. The lowest BCUT2D eigenvalue weighted by Crippen LogP contribution is -2.46. The van der Waals surface area contributed by atoms with E-state index in [0.717, 1.165) is 38.8 Å². The van der Waals surface area contributed by atoms with E-state index in [1.165, 1.54) is 24.3 Å². The quantitative estimate of drug-likeness (QED) is 0.851. The number of hydrogen-bond donors (Lipinski definition) is 0. The van der Waals surface area contributed by atoms with Crippen LogP contribution in [0.1, 0.15) is 38.1 Å². The summed E-state index contributed by atoms with van der Waals surface area (Å²) in [6.45, 7) is 16.3. The highest BCUT2D eigenvalue weighted by Gasteiger charge is 2.34. The molecular weight excluding hydrogens is 276 g/mol. The number of ether oxygens (including phenoxy) is 1. The Labute approximate surface area is 134 Å². The molecule has 0 unspecified atom stereocenters. The second kappa shape index (κ2) is 6.69. The van der Waals surface area contributed by atoms with Gasteiger partial charge in [-0.25, -0.2) is 0 Å². The van der Waals surface area contributed by atoms with Crippen molar-refractivity contribution in [1.82, 2.24) is 19.6 Å². The minimum Gasteiger partial charge on any atom is -0.379 e. The molecule has 5 nitrogen and oxygen atoms in total. The first kappa shape index (κ1) is 16.0. The average Bonchev–Trinajstić information content (AvgIpc) is 3.04. The van der Waals surface area contributed by atoms with Crippen molar-refractivity contribution in [2.75, 3.05) is 39.4 Å². The summed E-state index contributed by atoms with van der Waals surface area (Å²) in [6, 6.07) is 1.12. The first-order valence-electron chi connectivity index (χ1n) is 8.63. The van der Waals surface area contributed by atoms with Gasteiger partial charge in [-0.15, -0.1) is 0 Å². The predicted octanol–water partition coefficient (Wildman–Crippen LogP) is 1.92. The zero-order chi connectivity index (χ0) is 15.7. The summed E-state index contributed by atoms with van der Waals surface area (Å²) in [5, 5.41) is 4.64. The third-order valence-electron chi connectivity index (χ3n) is 5.10. The van der Waals surface area contributed by atoms with E-state index in [9.17, 15) is 0 Å². The Balaban J connectivity index is 1.62. The van der Waals surface area contributed by atoms with E-state index in [-0.39, 0.29) is 0 Å². The molecule has 5 heteroatoms. The van der Waals surface area contributed by atoms with Gasteiger partial charge in [-0.1, -0.05) is 6.92 Å². The van der Waals surface area contributed by atoms with Crippen LogP contribution in [0.25, 0.3) is 0 Å². The first-order valence-corrected chi connectivity index (χ1v) is 8.63. The van der Waals surface area contributed by atoms with E-state index in [2.05, 4.69) is 53.5 Å². The Hall–Kier alpha value is -0.910. The zero-order valence-electron chi connectivity index (χ0n) is 14.5. The van der Waals surface area contributed by atoms with Crippen LogP contribution in [0, 0.1) is 12.8 Å². The van der Waals surface area contributed by atoms with Gasteiger partial charge in [0.2, 0.25) is 0 Å². The fourth-order valence-corrected chi connectivity index (χ4v) is 3.74. The summed E-state index contributed by atoms with van der Waals surface area (Å²) >= 11 is 0. The van der Waals surface area contributed by atoms with E-state index in [0.29, 0.717) is 12.1 Å². The van der Waals surface area contributed by atoms with E-state index >= 15 is 0 Å². The molecule has 1 aromatic heterocycles. The number of likely N-dealkylation sites (tertiary alicyclic amines) is 1. The van der Waals surface area contributed by atoms with Crippen LogP contribution in [-0.4, -0.2) is 65.0 Å². The number of morpholine rings is 1. The highest BCUT2D eigenvalue weighted by molar-refractivity contribution is 5.16. The van der Waals surface area contributed by atoms with Crippen molar-refractivity contribution in [1.29, 1.82) is 0 Å². The minimum atomic E-state index is 0.436. The lowest BCUT2D eigenvalue weighted by atomic mass is 10.0. The van der Waals surface area contributed by atoms with Crippen LogP contribution in [0.3, 0.4) is 0 Å². The summed E-state index contributed by atoms with van der Waals surface area (Å²) in [7, 11) is 0. The summed E-state index contributed by atoms with van der Waals surface area (Å²) in [5.41, 5.74) is 2.56. The highest BCUT2D eigenvalue weighted by atomic mass is 16.5. The van der Waals surface area contributed by atoms with Crippen molar-refractivity contribution in [2.45, 2.75) is 46.3 Å². The van der Waals surface area contributed by atoms with Crippen molar-refractivity contribution < 1.29 is 4.74 Å². The number of hydrogen-bond acceptors (Lipinski definition) is 4. The van der Waals surface area contributed by atoms with Crippen LogP contribution in [-0.2, 0) is 11.3 Å². The van der Waals surface area contributed by atoms with Crippen molar-refractivity contribution in [3.63, 3.8) is 0 Å². The molecule has 0 N–H and O–H groups in total. The highest BCUT2D eigenvalue weighted by Crippen LogP contribution is 2.25. The van der Waals surface area contributed by atoms with Gasteiger partial charge >= 0.3 is 0 Å². The van der Waals surface area contributed by atoms with E-state index < -0.39 is 0 Å². The second-order valence-electron chi connectivity index (χ2n) is 7.20. The zero-order valence-corrected chi connectivity index (χ0v) is 14.5. The predicted molar refractivity (Wildman–Crippen MR) is 88.0 cm³/mol. The molecule has 0 saturated carbocycles. The molecule has 2 aliphatic heterocycles. The number of nitrogens with zero attached hydrogens (tertiary/aromatic N) is 4. The second-order valence-corrected chi connectivity index (χ2v) is 7.20. The van der Waals surface area contributed by atoms with Crippen molar-refractivity contribution in [3.8, 4) is 0 Å². The van der Waals surface area contributed by atoms with Crippen LogP contribution in [0.15, 0.2) is 6.20 Å². The fourth-order valence-electron chi connectivity index (χ4n) is 3.74. The Morgan fingerprint density at radius 3 is 2.64 bits per heavy atom. The first-order chi connectivity index (χ1) is 10.5. The summed E-state index contributed by atoms with van der Waals surface area (Å²) in [6.07, 6.45) is 2.23. The van der Waals surface area contributed by atoms with Crippen LogP contribution in [0.2, 0.25) is 0 Å². The molecule has 3 heterocycles. The molecule has 0 spiro atoms. The Morgan fingerprint density at radius 1 is 1.27 bits per heavy atom. The molecule has 1 aromatic rings. The lowest BCUT2D eigenvalue weighted by Gasteiger charge is -2.34. The van der Waals surface area contributed by atoms with Crippen LogP contribution >= 0.6 is 0 Å². The Morgan fingerprint density at radius 2 is 2.00 bits per heavy atom. The van der Waals surface area contributed by atoms with Crippen LogP contribution in [0.5, 0.6) is 0 Å². The molecule has 2 aliphatic rings. The largest absolute Gasteiger partial charge is 0.379 e. The molecular formula is C17H30N4O. The smallest absolute Gasteiger partial charge is 0.0638 e. The van der Waals surface area contributed by atoms with Crippen LogP contribution in [0.4, 0.5) is 0 Å². The van der Waals surface area contributed by atoms with Gasteiger partial charge in [0.15, 0.2) is 0 Å². The molecule has 0 bridgehead atoms. The Kier molecular flexibility index (Phi) is 4.85. The fraction of sp³-hybridized carbons (Fsp3) is 0.824. The maximum atomic E-state index is 5.49. The summed E-state index contributed by atoms with van der Waals surface area (Å²) in [4.78, 5) is 5.22. The molecule has 2 atom stereocenters. The SMILES string of the molecule is Cc1nn(C(C)C)cc1CN1C[C@@H](C)[C@H](N2CCOCC2)C1. The van der Waals surface area contributed by atoms with Gasteiger partial charge in [-0.2, -0.15) is 5.10 Å². The van der Waals surface area contributed by atoms with Gasteiger partial charge in [0.1, 0.15) is 0 Å². The van der Waals surface area contributed by atoms with Gasteiger partial charge in [-0.3, -0.25) is 14.5 Å². The molecule has 124 valence electrons. The molecule has 0 radical (unpaired) electrons. The topological polar surface area (TPSA) is 33.5 Å². The average molecular weight is 306 g/mol. The van der Waals surface area contributed by atoms with Crippen molar-refractivity contribution in [3.05, 3.63) is 17.5 Å². The Bertz CT molecular complexity index is 493. The summed E-state index contributed by atoms with van der Waals surface area (Å²) in [5.74, 6) is 0.735. The van der Waals surface area contributed by atoms with Crippen LogP contribution < -0.4 is 0 Å². The standard InChI is InChI=1S/C17H30N4O/c1-13(2)21-11-16(15(4)18-21)10-19-9-14(3)17(12-19)20-5-7-22-8-6-20/h11,13-14,17H,5-10,12H2,1-4H3/t14-,17-/m1/s1. The van der Waals surface area contributed by atoms with Gasteiger partial charge < -0.3 is 4.74 Å². The molecule has 2 fully saturated rings. The lowest BCUT2D eigenvalue weighted by molar-refractivity contribution is 0.0118. The maximum absolute atomic E-state index is 5.49. The van der Waals surface area contributed by atoms with E-state index in [1.54, 1.807) is 0 Å². The van der Waals surface area contributed by atoms with Gasteiger partial charge in [-0.05, 0) is 26.7 Å². The van der Waals surface area contributed by atoms with Crippen molar-refractivity contribution >= 4 is 0 Å². The van der Waals surface area contributed by atoms with E-state index in [1.807, 2.05) is 0 Å². The minimum absolute atomic E-state index is 0.436.